The molecule has 3 rings (SSSR count). The van der Waals surface area contributed by atoms with Crippen LogP contribution < -0.4 is 0 Å². The molecule has 0 saturated heterocycles. The van der Waals surface area contributed by atoms with Crippen molar-refractivity contribution in [3.63, 3.8) is 0 Å². The van der Waals surface area contributed by atoms with Crippen molar-refractivity contribution in [2.75, 3.05) is 0 Å². The number of allylic oxidation sites excluding steroid dienone is 3. The van der Waals surface area contributed by atoms with Crippen molar-refractivity contribution < 1.29 is 0 Å². The summed E-state index contributed by atoms with van der Waals surface area (Å²) in [5.41, 5.74) is 5.70. The fourth-order valence-corrected chi connectivity index (χ4v) is 4.14. The second kappa shape index (κ2) is 6.97. The van der Waals surface area contributed by atoms with Crippen LogP contribution in [0.4, 0.5) is 0 Å². The van der Waals surface area contributed by atoms with Crippen molar-refractivity contribution in [2.24, 2.45) is 5.92 Å². The van der Waals surface area contributed by atoms with Gasteiger partial charge in [-0.25, -0.2) is 0 Å². The van der Waals surface area contributed by atoms with Crippen LogP contribution in [-0.2, 0) is 0 Å². The van der Waals surface area contributed by atoms with Gasteiger partial charge >= 0.3 is 0 Å². The molecule has 1 nitrogen and oxygen atoms in total. The van der Waals surface area contributed by atoms with Gasteiger partial charge in [-0.15, -0.1) is 6.58 Å². The van der Waals surface area contributed by atoms with Gasteiger partial charge in [0.05, 0.1) is 11.6 Å². The first-order valence-electron chi connectivity index (χ1n) is 8.61. The minimum Gasteiger partial charge on any atom is -0.192 e. The first kappa shape index (κ1) is 15.1. The van der Waals surface area contributed by atoms with Crippen LogP contribution in [0.1, 0.15) is 68.4 Å². The van der Waals surface area contributed by atoms with Crippen molar-refractivity contribution in [2.45, 2.75) is 57.3 Å². The molecule has 0 saturated carbocycles. The molecule has 22 heavy (non-hydrogen) atoms. The highest BCUT2D eigenvalue weighted by molar-refractivity contribution is 5.35. The minimum atomic E-state index is 0.663. The molecule has 0 amide bonds. The van der Waals surface area contributed by atoms with Crippen LogP contribution in [0.2, 0.25) is 0 Å². The molecule has 1 aromatic rings. The summed E-state index contributed by atoms with van der Waals surface area (Å²) in [5, 5.41) is 8.92. The molecule has 1 aromatic carbocycles. The molecule has 0 bridgehead atoms. The van der Waals surface area contributed by atoms with Crippen LogP contribution >= 0.6 is 0 Å². The van der Waals surface area contributed by atoms with Gasteiger partial charge in [0.25, 0.3) is 0 Å². The lowest BCUT2D eigenvalue weighted by Crippen LogP contribution is -2.17. The van der Waals surface area contributed by atoms with E-state index in [0.717, 1.165) is 11.5 Å². The Labute approximate surface area is 134 Å². The highest BCUT2D eigenvalue weighted by Gasteiger charge is 2.27. The Kier molecular flexibility index (Phi) is 4.78. The van der Waals surface area contributed by atoms with Gasteiger partial charge < -0.3 is 0 Å². The molecule has 0 heterocycles. The molecule has 2 aliphatic carbocycles. The average molecular weight is 291 g/mol. The number of rotatable bonds is 4. The summed E-state index contributed by atoms with van der Waals surface area (Å²) in [7, 11) is 0. The Morgan fingerprint density at radius 3 is 2.55 bits per heavy atom. The zero-order valence-corrected chi connectivity index (χ0v) is 13.4. The summed E-state index contributed by atoms with van der Waals surface area (Å²) >= 11 is 0. The second-order valence-electron chi connectivity index (χ2n) is 6.86. The van der Waals surface area contributed by atoms with Crippen molar-refractivity contribution in [1.29, 1.82) is 5.26 Å². The lowest BCUT2D eigenvalue weighted by molar-refractivity contribution is 0.392. The predicted molar refractivity (Wildman–Crippen MR) is 91.5 cm³/mol. The van der Waals surface area contributed by atoms with Crippen LogP contribution in [-0.4, -0.2) is 0 Å². The molecule has 2 aliphatic rings. The number of benzene rings is 1. The van der Waals surface area contributed by atoms with Gasteiger partial charge in [0, 0.05) is 0 Å². The lowest BCUT2D eigenvalue weighted by atomic mass is 9.71. The summed E-state index contributed by atoms with van der Waals surface area (Å²) in [6, 6.07) is 10.4. The summed E-state index contributed by atoms with van der Waals surface area (Å²) in [6.07, 6.45) is 12.4. The third-order valence-electron chi connectivity index (χ3n) is 5.47. The second-order valence-corrected chi connectivity index (χ2v) is 6.86. The minimum absolute atomic E-state index is 0.663. The van der Waals surface area contributed by atoms with Crippen LogP contribution in [0.3, 0.4) is 0 Å². The van der Waals surface area contributed by atoms with Gasteiger partial charge in [-0.2, -0.15) is 5.26 Å². The normalized spacial score (nSPS) is 24.5. The van der Waals surface area contributed by atoms with E-state index < -0.39 is 0 Å². The van der Waals surface area contributed by atoms with Crippen LogP contribution in [0, 0.1) is 17.2 Å². The van der Waals surface area contributed by atoms with Crippen LogP contribution in [0.15, 0.2) is 48.1 Å². The summed E-state index contributed by atoms with van der Waals surface area (Å²) < 4.78 is 0. The molecule has 0 N–H and O–H groups in total. The Bertz CT molecular complexity index is 600. The van der Waals surface area contributed by atoms with Gasteiger partial charge in [-0.3, -0.25) is 0 Å². The molecular formula is C21H25N. The summed E-state index contributed by atoms with van der Waals surface area (Å²) in [5.74, 6) is 1.56. The molecule has 0 spiro atoms. The van der Waals surface area contributed by atoms with E-state index in [1.165, 1.54) is 56.9 Å². The molecule has 0 fully saturated rings. The summed E-state index contributed by atoms with van der Waals surface area (Å²) in [4.78, 5) is 0. The van der Waals surface area contributed by atoms with Crippen molar-refractivity contribution in [1.82, 2.24) is 0 Å². The zero-order valence-electron chi connectivity index (χ0n) is 13.4. The van der Waals surface area contributed by atoms with Gasteiger partial charge in [0.1, 0.15) is 0 Å². The van der Waals surface area contributed by atoms with E-state index in [2.05, 4.69) is 30.9 Å². The SMILES string of the molecule is C=CCCC1CCC2=C(CCC(c3ccc(C#N)cc3)C2)C1. The number of hydrogen-bond donors (Lipinski definition) is 0. The quantitative estimate of drug-likeness (QED) is 0.635. The monoisotopic (exact) mass is 291 g/mol. The smallest absolute Gasteiger partial charge is 0.0991 e. The Balaban J connectivity index is 1.65. The molecule has 2 atom stereocenters. The maximum atomic E-state index is 8.92. The largest absolute Gasteiger partial charge is 0.192 e. The highest BCUT2D eigenvalue weighted by atomic mass is 14.3. The van der Waals surface area contributed by atoms with Gasteiger partial charge in [0.2, 0.25) is 0 Å². The lowest BCUT2D eigenvalue weighted by Gasteiger charge is -2.34. The maximum absolute atomic E-state index is 8.92. The van der Waals surface area contributed by atoms with Crippen molar-refractivity contribution in [3.05, 3.63) is 59.2 Å². The topological polar surface area (TPSA) is 23.8 Å². The van der Waals surface area contributed by atoms with Crippen LogP contribution in [0.5, 0.6) is 0 Å². The standard InChI is InChI=1S/C21H25N/c1-2-3-4-16-5-10-21-14-20(12-11-19(21)13-16)18-8-6-17(15-22)7-9-18/h2,6-9,16,20H,1,3-5,10-14H2. The first-order chi connectivity index (χ1) is 10.8. The number of nitriles is 1. The fraction of sp³-hybridized carbons (Fsp3) is 0.476. The van der Waals surface area contributed by atoms with E-state index in [1.807, 2.05) is 12.1 Å². The van der Waals surface area contributed by atoms with Crippen molar-refractivity contribution >= 4 is 0 Å². The molecule has 2 unspecified atom stereocenters. The first-order valence-corrected chi connectivity index (χ1v) is 8.61. The number of nitrogens with zero attached hydrogens (tertiary/aromatic N) is 1. The van der Waals surface area contributed by atoms with E-state index in [4.69, 9.17) is 5.26 Å². The van der Waals surface area contributed by atoms with E-state index in [1.54, 1.807) is 11.1 Å². The van der Waals surface area contributed by atoms with Gasteiger partial charge in [0.15, 0.2) is 0 Å². The average Bonchev–Trinajstić information content (AvgIpc) is 2.59. The fourth-order valence-electron chi connectivity index (χ4n) is 4.14. The molecule has 0 aliphatic heterocycles. The van der Waals surface area contributed by atoms with Gasteiger partial charge in [-0.1, -0.05) is 29.4 Å². The molecule has 0 radical (unpaired) electrons. The van der Waals surface area contributed by atoms with E-state index >= 15 is 0 Å². The summed E-state index contributed by atoms with van der Waals surface area (Å²) in [6.45, 7) is 3.85. The third kappa shape index (κ3) is 3.33. The Morgan fingerprint density at radius 1 is 1.09 bits per heavy atom. The van der Waals surface area contributed by atoms with E-state index in [0.29, 0.717) is 5.92 Å². The maximum Gasteiger partial charge on any atom is 0.0991 e. The third-order valence-corrected chi connectivity index (χ3v) is 5.47. The molecule has 0 aromatic heterocycles. The van der Waals surface area contributed by atoms with Gasteiger partial charge in [-0.05, 0) is 80.9 Å². The van der Waals surface area contributed by atoms with E-state index in [9.17, 15) is 0 Å². The predicted octanol–water partition coefficient (Wildman–Crippen LogP) is 5.89. The highest BCUT2D eigenvalue weighted by Crippen LogP contribution is 2.44. The Morgan fingerprint density at radius 2 is 1.82 bits per heavy atom. The molecule has 1 heteroatoms. The zero-order chi connectivity index (χ0) is 15.4. The van der Waals surface area contributed by atoms with Crippen molar-refractivity contribution in [3.8, 4) is 6.07 Å². The molecular weight excluding hydrogens is 266 g/mol. The Hall–Kier alpha value is -1.81. The van der Waals surface area contributed by atoms with E-state index in [-0.39, 0.29) is 0 Å². The van der Waals surface area contributed by atoms with Crippen LogP contribution in [0.25, 0.3) is 0 Å². The molecule has 114 valence electrons. The number of hydrogen-bond acceptors (Lipinski definition) is 1.